The fourth-order valence-corrected chi connectivity index (χ4v) is 5.42. The third-order valence-corrected chi connectivity index (χ3v) is 7.29. The van der Waals surface area contributed by atoms with Crippen LogP contribution in [0.25, 0.3) is 28.0 Å². The van der Waals surface area contributed by atoms with Crippen LogP contribution in [-0.2, 0) is 16.1 Å². The van der Waals surface area contributed by atoms with Crippen LogP contribution in [0, 0.1) is 5.82 Å². The second-order valence-electron chi connectivity index (χ2n) is 10.6. The molecule has 0 saturated carbocycles. The maximum absolute atomic E-state index is 15.5. The maximum Gasteiger partial charge on any atom is 0.408 e. The number of nitrogen functional groups attached to an aromatic ring is 1. The summed E-state index contributed by atoms with van der Waals surface area (Å²) in [4.78, 5) is 31.2. The Labute approximate surface area is 245 Å². The quantitative estimate of drug-likeness (QED) is 0.271. The molecule has 1 aromatic carbocycles. The molecule has 4 aromatic rings. The molecule has 0 bridgehead atoms. The number of benzene rings is 1. The average Bonchev–Trinajstić information content (AvgIpc) is 3.47. The van der Waals surface area contributed by atoms with E-state index < -0.39 is 52.5 Å². The number of piperazine rings is 1. The van der Waals surface area contributed by atoms with Crippen molar-refractivity contribution in [2.24, 2.45) is 0 Å². The number of nitrogens with zero attached hydrogens (tertiary/aromatic N) is 7. The van der Waals surface area contributed by atoms with Gasteiger partial charge >= 0.3 is 6.18 Å². The molecule has 5 rings (SSSR count). The van der Waals surface area contributed by atoms with E-state index in [1.165, 1.54) is 42.8 Å². The van der Waals surface area contributed by atoms with Crippen molar-refractivity contribution < 1.29 is 32.3 Å². The van der Waals surface area contributed by atoms with E-state index in [0.29, 0.717) is 9.80 Å². The monoisotopic (exact) mass is 590 g/mol. The van der Waals surface area contributed by atoms with Gasteiger partial charge in [0.15, 0.2) is 5.82 Å². The zero-order chi connectivity index (χ0) is 31.9. The zero-order valence-electron chi connectivity index (χ0n) is 23.0. The molecule has 216 valence electrons. The van der Waals surface area contributed by atoms with Gasteiger partial charge in [-0.3, -0.25) is 14.3 Å². The molecule has 1 aliphatic rings. The SMILES string of the molecule is [B]C1([B])N(c2cc(-c3cc(-c4ccnn4CC(F)(F)F)c4c(N)ncnn34)ccc2F)C(=O)C(C)(C)N(C(C)=O)C1([B])O. The Hall–Kier alpha value is -4.34. The summed E-state index contributed by atoms with van der Waals surface area (Å²) >= 11 is 0. The van der Waals surface area contributed by atoms with E-state index in [2.05, 4.69) is 15.2 Å². The lowest BCUT2D eigenvalue weighted by molar-refractivity contribution is -0.174. The Morgan fingerprint density at radius 3 is 2.40 bits per heavy atom. The van der Waals surface area contributed by atoms with Crippen LogP contribution in [0.3, 0.4) is 0 Å². The summed E-state index contributed by atoms with van der Waals surface area (Å²) in [6, 6.07) is 6.24. The van der Waals surface area contributed by atoms with Gasteiger partial charge < -0.3 is 20.6 Å². The van der Waals surface area contributed by atoms with Crippen LogP contribution in [0.15, 0.2) is 42.9 Å². The molecule has 0 spiro atoms. The van der Waals surface area contributed by atoms with Gasteiger partial charge in [0, 0.05) is 29.6 Å². The number of carbonyl (C=O) groups excluding carboxylic acids is 2. The van der Waals surface area contributed by atoms with Gasteiger partial charge in [0.05, 0.1) is 32.8 Å². The van der Waals surface area contributed by atoms with Gasteiger partial charge in [0.25, 0.3) is 5.91 Å². The molecule has 2 amide bonds. The molecule has 3 N–H and O–H groups in total. The van der Waals surface area contributed by atoms with Crippen molar-refractivity contribution in [2.75, 3.05) is 10.6 Å². The largest absolute Gasteiger partial charge is 0.408 e. The van der Waals surface area contributed by atoms with Crippen LogP contribution in [0.5, 0.6) is 0 Å². The van der Waals surface area contributed by atoms with Crippen LogP contribution in [0.4, 0.5) is 29.1 Å². The van der Waals surface area contributed by atoms with Crippen LogP contribution in [0.1, 0.15) is 20.8 Å². The molecule has 0 aliphatic carbocycles. The number of hydrogen-bond acceptors (Lipinski definition) is 7. The fraction of sp³-hybridized carbons (Fsp3) is 0.320. The number of aliphatic hydroxyl groups is 1. The summed E-state index contributed by atoms with van der Waals surface area (Å²) in [6.45, 7) is 2.20. The van der Waals surface area contributed by atoms with Gasteiger partial charge in [-0.2, -0.15) is 23.4 Å². The predicted octanol–water partition coefficient (Wildman–Crippen LogP) is 1.32. The highest BCUT2D eigenvalue weighted by atomic mass is 19.4. The number of carbonyl (C=O) groups is 2. The highest BCUT2D eigenvalue weighted by molar-refractivity contribution is 6.49. The highest BCUT2D eigenvalue weighted by Gasteiger charge is 2.61. The molecule has 1 fully saturated rings. The Balaban J connectivity index is 1.72. The summed E-state index contributed by atoms with van der Waals surface area (Å²) in [5.74, 6) is -2.88. The molecule has 18 heteroatoms. The maximum atomic E-state index is 15.5. The lowest BCUT2D eigenvalue weighted by Crippen LogP contribution is -2.85. The van der Waals surface area contributed by atoms with Crippen LogP contribution >= 0.6 is 0 Å². The molecule has 1 saturated heterocycles. The minimum atomic E-state index is -4.58. The van der Waals surface area contributed by atoms with Crippen molar-refractivity contribution in [3.05, 3.63) is 48.7 Å². The van der Waals surface area contributed by atoms with Crippen molar-refractivity contribution in [1.82, 2.24) is 29.3 Å². The fourth-order valence-electron chi connectivity index (χ4n) is 5.42. The third kappa shape index (κ3) is 4.55. The van der Waals surface area contributed by atoms with Gasteiger partial charge in [-0.25, -0.2) is 13.9 Å². The number of halogens is 4. The molecule has 11 nitrogen and oxygen atoms in total. The van der Waals surface area contributed by atoms with E-state index in [9.17, 15) is 27.9 Å². The Morgan fingerprint density at radius 2 is 1.77 bits per heavy atom. The molecular formula is C25H21B3F4N8O3. The van der Waals surface area contributed by atoms with Crippen molar-refractivity contribution in [3.8, 4) is 22.5 Å². The second-order valence-corrected chi connectivity index (χ2v) is 10.6. The summed E-state index contributed by atoms with van der Waals surface area (Å²) in [7, 11) is 18.4. The Morgan fingerprint density at radius 1 is 1.09 bits per heavy atom. The van der Waals surface area contributed by atoms with E-state index in [-0.39, 0.29) is 33.8 Å². The minimum Gasteiger partial charge on any atom is -0.382 e. The topological polar surface area (TPSA) is 135 Å². The first-order valence-corrected chi connectivity index (χ1v) is 12.6. The van der Waals surface area contributed by atoms with Crippen molar-refractivity contribution >= 4 is 52.4 Å². The standard InChI is InChI=1S/C25H21B3F4N8O3/c1-12(41)40-22(2,3)21(42)38(24(26,27)25(40,28)43)18-8-13(4-5-15(18)29)17-9-14(19-20(33)34-11-36-39(17)19)16-6-7-35-37(16)10-23(30,31)32/h4-9,11,43H,10H2,1-3H3,(H2,33,34,36). The summed E-state index contributed by atoms with van der Waals surface area (Å²) in [5, 5.41) is 16.4. The Kier molecular flexibility index (Phi) is 6.72. The zero-order valence-corrected chi connectivity index (χ0v) is 23.0. The molecular weight excluding hydrogens is 569 g/mol. The molecule has 1 atom stereocenters. The number of nitrogens with two attached hydrogens (primary N) is 1. The van der Waals surface area contributed by atoms with Gasteiger partial charge in [0.1, 0.15) is 43.2 Å². The first kappa shape index (κ1) is 30.1. The smallest absolute Gasteiger partial charge is 0.382 e. The van der Waals surface area contributed by atoms with Crippen molar-refractivity contribution in [2.45, 2.75) is 50.0 Å². The molecule has 1 unspecified atom stereocenters. The van der Waals surface area contributed by atoms with E-state index in [1.54, 1.807) is 0 Å². The molecule has 6 radical (unpaired) electrons. The molecule has 43 heavy (non-hydrogen) atoms. The number of rotatable bonds is 4. The lowest BCUT2D eigenvalue weighted by Gasteiger charge is -2.63. The number of amides is 2. The second kappa shape index (κ2) is 9.59. The van der Waals surface area contributed by atoms with Gasteiger partial charge in [-0.1, -0.05) is 0 Å². The first-order chi connectivity index (χ1) is 19.8. The minimum absolute atomic E-state index is 0.0401. The summed E-state index contributed by atoms with van der Waals surface area (Å²) < 4.78 is 57.3. The van der Waals surface area contributed by atoms with Gasteiger partial charge in [-0.05, 0) is 44.2 Å². The number of fused-ring (bicyclic) bond motifs is 1. The molecule has 1 aliphatic heterocycles. The number of aromatic nitrogens is 5. The first-order valence-electron chi connectivity index (χ1n) is 12.6. The van der Waals surface area contributed by atoms with Crippen molar-refractivity contribution in [3.63, 3.8) is 0 Å². The highest BCUT2D eigenvalue weighted by Crippen LogP contribution is 2.43. The van der Waals surface area contributed by atoms with E-state index in [0.717, 1.165) is 30.1 Å². The van der Waals surface area contributed by atoms with Crippen LogP contribution in [0.2, 0.25) is 0 Å². The Bertz CT molecular complexity index is 1790. The number of anilines is 2. The number of hydrogen-bond donors (Lipinski definition) is 2. The predicted molar refractivity (Wildman–Crippen MR) is 149 cm³/mol. The van der Waals surface area contributed by atoms with E-state index in [4.69, 9.17) is 29.3 Å². The van der Waals surface area contributed by atoms with E-state index in [1.807, 2.05) is 0 Å². The summed E-state index contributed by atoms with van der Waals surface area (Å²) in [5.41, 5.74) is 1.59. The lowest BCUT2D eigenvalue weighted by atomic mass is 9.46. The molecule has 4 heterocycles. The van der Waals surface area contributed by atoms with Crippen LogP contribution in [-0.4, -0.2) is 92.4 Å². The average molecular weight is 590 g/mol. The summed E-state index contributed by atoms with van der Waals surface area (Å²) in [6.07, 6.45) is -2.29. The van der Waals surface area contributed by atoms with Crippen molar-refractivity contribution in [1.29, 1.82) is 0 Å². The normalized spacial score (nSPS) is 20.1. The van der Waals surface area contributed by atoms with E-state index >= 15 is 4.39 Å². The van der Waals surface area contributed by atoms with Gasteiger partial charge in [-0.15, -0.1) is 0 Å². The van der Waals surface area contributed by atoms with Crippen LogP contribution < -0.4 is 10.6 Å². The third-order valence-electron chi connectivity index (χ3n) is 7.29. The van der Waals surface area contributed by atoms with Gasteiger partial charge in [0.2, 0.25) is 5.91 Å². The molecule has 3 aromatic heterocycles. The number of alkyl halides is 3.